The fraction of sp³-hybridized carbons (Fsp3) is 0.402. The largest absolute Gasteiger partial charge is 0.433 e. The number of fused-ring (bicyclic) bond motifs is 4. The number of carbonyl (C=O) groups excluding carboxylic acids is 8. The highest BCUT2D eigenvalue weighted by atomic mass is 35.5. The minimum atomic E-state index is -4.55. The number of amides is 4. The lowest BCUT2D eigenvalue weighted by atomic mass is 9.91. The lowest BCUT2D eigenvalue weighted by Gasteiger charge is -2.32. The molecule has 0 bridgehead atoms. The summed E-state index contributed by atoms with van der Waals surface area (Å²) in [5.74, 6) is -0.403. The summed E-state index contributed by atoms with van der Waals surface area (Å²) in [6, 6.07) is 15.8. The summed E-state index contributed by atoms with van der Waals surface area (Å²) >= 11 is 52.3. The van der Waals surface area contributed by atoms with Crippen molar-refractivity contribution in [1.82, 2.24) is 52.8 Å². The maximum Gasteiger partial charge on any atom is 0.433 e. The third-order valence-corrected chi connectivity index (χ3v) is 29.3. The molecule has 0 spiro atoms. The van der Waals surface area contributed by atoms with Gasteiger partial charge in [0.25, 0.3) is 29.5 Å². The van der Waals surface area contributed by atoms with Gasteiger partial charge in [-0.05, 0) is 258 Å². The van der Waals surface area contributed by atoms with Crippen LogP contribution in [0.25, 0.3) is 43.6 Å². The van der Waals surface area contributed by atoms with Gasteiger partial charge in [-0.1, -0.05) is 92.8 Å². The minimum Gasteiger partial charge on any atom is -0.342 e. The van der Waals surface area contributed by atoms with E-state index in [0.717, 1.165) is 81.3 Å². The molecule has 19 nitrogen and oxygen atoms in total. The zero-order chi connectivity index (χ0) is 103. The van der Waals surface area contributed by atoms with Crippen molar-refractivity contribution >= 4 is 183 Å². The second-order valence-corrected chi connectivity index (χ2v) is 39.8. The Morgan fingerprint density at radius 1 is 0.340 bits per heavy atom. The smallest absolute Gasteiger partial charge is 0.342 e. The Hall–Kier alpha value is -10.3. The molecular formula is C102H99Cl8F12N11O8. The van der Waals surface area contributed by atoms with E-state index in [1.54, 1.807) is 138 Å². The van der Waals surface area contributed by atoms with Crippen molar-refractivity contribution < 1.29 is 91.0 Å². The number of carbonyl (C=O) groups is 8. The van der Waals surface area contributed by atoms with Gasteiger partial charge in [-0.15, -0.1) is 0 Å². The van der Waals surface area contributed by atoms with Gasteiger partial charge in [0, 0.05) is 151 Å². The molecule has 0 unspecified atom stereocenters. The molecule has 0 N–H and O–H groups in total. The van der Waals surface area contributed by atoms with E-state index in [1.807, 2.05) is 0 Å². The Morgan fingerprint density at radius 2 is 0.660 bits per heavy atom. The van der Waals surface area contributed by atoms with Crippen molar-refractivity contribution in [3.8, 4) is 0 Å². The fourth-order valence-corrected chi connectivity index (χ4v) is 21.6. The maximum absolute atomic E-state index is 13.7. The number of rotatable bonds is 17. The third kappa shape index (κ3) is 24.2. The maximum atomic E-state index is 13.7. The number of pyridine rings is 3. The van der Waals surface area contributed by atoms with Crippen molar-refractivity contribution in [3.05, 3.63) is 256 Å². The van der Waals surface area contributed by atoms with Crippen molar-refractivity contribution in [3.63, 3.8) is 0 Å². The van der Waals surface area contributed by atoms with E-state index >= 15 is 0 Å². The number of nitrogens with zero attached hydrogens (tertiary/aromatic N) is 11. The van der Waals surface area contributed by atoms with Gasteiger partial charge >= 0.3 is 24.7 Å². The predicted molar refractivity (Wildman–Crippen MR) is 523 cm³/mol. The van der Waals surface area contributed by atoms with E-state index in [9.17, 15) is 91.0 Å². The Balaban J connectivity index is 0.000000158. The number of piperidine rings is 4. The minimum absolute atomic E-state index is 0.0239. The van der Waals surface area contributed by atoms with E-state index in [-0.39, 0.29) is 148 Å². The molecule has 4 saturated heterocycles. The quantitative estimate of drug-likeness (QED) is 0.0619. The molecule has 5 aromatic carbocycles. The van der Waals surface area contributed by atoms with Gasteiger partial charge in [0.2, 0.25) is 0 Å². The zero-order valence-electron chi connectivity index (χ0n) is 78.6. The number of hydrogen-bond acceptors (Lipinski definition) is 11. The van der Waals surface area contributed by atoms with Crippen molar-refractivity contribution in [2.24, 2.45) is 17.8 Å². The zero-order valence-corrected chi connectivity index (χ0v) is 84.6. The summed E-state index contributed by atoms with van der Waals surface area (Å²) in [4.78, 5) is 119. The molecule has 0 aliphatic carbocycles. The van der Waals surface area contributed by atoms with Crippen LogP contribution < -0.4 is 0 Å². The molecule has 0 saturated carbocycles. The van der Waals surface area contributed by atoms with Crippen LogP contribution in [0.2, 0.25) is 40.3 Å². The summed E-state index contributed by atoms with van der Waals surface area (Å²) in [6.07, 6.45) is -1.07. The van der Waals surface area contributed by atoms with Crippen LogP contribution in [0, 0.1) is 73.1 Å². The summed E-state index contributed by atoms with van der Waals surface area (Å²) in [6.45, 7) is 22.7. The molecule has 750 valence electrons. The van der Waals surface area contributed by atoms with E-state index in [1.165, 1.54) is 42.9 Å². The summed E-state index contributed by atoms with van der Waals surface area (Å²) in [5, 5.41) is 3.14. The molecule has 4 aliphatic rings. The van der Waals surface area contributed by atoms with Crippen LogP contribution in [0.1, 0.15) is 234 Å². The predicted octanol–water partition coefficient (Wildman–Crippen LogP) is 27.5. The monoisotopic (exact) mass is 2110 g/mol. The molecular weight excluding hydrogens is 2020 g/mol. The van der Waals surface area contributed by atoms with E-state index < -0.39 is 53.1 Å². The van der Waals surface area contributed by atoms with E-state index in [2.05, 4.69) is 15.0 Å². The molecule has 0 radical (unpaired) electrons. The van der Waals surface area contributed by atoms with Crippen molar-refractivity contribution in [2.75, 3.05) is 52.4 Å². The fourth-order valence-electron chi connectivity index (χ4n) is 19.3. The number of ketones is 3. The van der Waals surface area contributed by atoms with Crippen LogP contribution in [0.4, 0.5) is 52.7 Å². The Bertz CT molecular complexity index is 6730. The molecule has 4 amide bonds. The van der Waals surface area contributed by atoms with Gasteiger partial charge in [-0.25, -0.2) is 15.0 Å². The number of aromatic nitrogens is 7. The van der Waals surface area contributed by atoms with Gasteiger partial charge in [0.05, 0.1) is 117 Å². The molecule has 0 atom stereocenters. The van der Waals surface area contributed by atoms with Crippen LogP contribution >= 0.6 is 92.8 Å². The van der Waals surface area contributed by atoms with Crippen LogP contribution in [0.5, 0.6) is 0 Å². The highest BCUT2D eigenvalue weighted by Crippen LogP contribution is 2.44. The van der Waals surface area contributed by atoms with Gasteiger partial charge < -0.3 is 47.7 Å². The average molecular weight is 2120 g/mol. The van der Waals surface area contributed by atoms with Crippen LogP contribution in [0.3, 0.4) is 0 Å². The molecule has 4 aliphatic heterocycles. The highest BCUT2D eigenvalue weighted by Gasteiger charge is 2.40. The number of halogens is 20. The molecule has 39 heteroatoms. The lowest BCUT2D eigenvalue weighted by molar-refractivity contribution is -0.141. The van der Waals surface area contributed by atoms with E-state index in [4.69, 9.17) is 92.8 Å². The molecule has 141 heavy (non-hydrogen) atoms. The summed E-state index contributed by atoms with van der Waals surface area (Å²) < 4.78 is 166. The van der Waals surface area contributed by atoms with Crippen LogP contribution in [-0.2, 0) is 58.7 Å². The summed E-state index contributed by atoms with van der Waals surface area (Å²) in [5.41, 5.74) is 4.87. The van der Waals surface area contributed by atoms with Crippen molar-refractivity contribution in [2.45, 2.75) is 198 Å². The second-order valence-electron chi connectivity index (χ2n) is 36.7. The molecule has 12 aromatic rings. The Morgan fingerprint density at radius 3 is 1.04 bits per heavy atom. The second kappa shape index (κ2) is 43.7. The molecule has 4 fully saturated rings. The number of alkyl halides is 12. The van der Waals surface area contributed by atoms with Gasteiger partial charge in [-0.3, -0.25) is 28.5 Å². The standard InChI is InChI=1S/C27H25Cl2F3N2O3.2C26H26Cl2F3N3O2.C23H22Cl2F3N3O/c1-14-10-18(27(30,31)32)12-20-15(2)13-34(24(14)20)26(37)22-21(28)5-4-19(23(22)29)25(36)33-8-6-17(7-9-33)11-16(3)35;1-14-8-18(26(29,30)31)10-19-15(2)12-34(23(14)19)13-21-22(27)20(11-32-24(21)28)25(36)33-6-4-17(5-7-33)9-16(3)35;1-14-12-34(24-16(3)32-22(11-19(14)24)26(29,30)31)13-20-21(27)5-4-18(23(20)28)25(36)33-8-6-17(7-9-33)10-15(2)35;1-13-11-31(21-14(2)29-19(10-16(13)21)23(26,27)28)12-17-18(24)7-6-15(20(17)25)22(32)30-8-4-3-5-9-30/h4-5,10,12-13,17H,6-9,11H2,1-3H3;8,10-12,17H,4-7,9,13H2,1-3H3;4-5,11-12,17H,6-10,13H2,1-3H3;6-7,10-11H,3-5,8-9,12H2,1-2H3. The number of benzene rings is 5. The number of likely N-dealkylation sites (tertiary alicyclic amines) is 4. The third-order valence-electron chi connectivity index (χ3n) is 26.3. The first kappa shape index (κ1) is 108. The van der Waals surface area contributed by atoms with E-state index in [0.29, 0.717) is 188 Å². The van der Waals surface area contributed by atoms with Crippen LogP contribution in [0.15, 0.2) is 104 Å². The average Bonchev–Trinajstić information content (AvgIpc) is 1.60. The number of hydrogen-bond donors (Lipinski definition) is 0. The molecule has 16 rings (SSSR count). The topological polar surface area (TPSA) is 208 Å². The Kier molecular flexibility index (Phi) is 33.5. The SMILES string of the molecule is CC(=O)CC1CCN(C(=O)c2ccc(Cl)c(C(=O)n3cc(C)c4cc(C(F)(F)F)cc(C)c43)c2Cl)CC1.CC(=O)CC1CCN(C(=O)c2ccc(Cl)c(Cn3cc(C)c4cc(C(F)(F)F)nc(C)c43)c2Cl)CC1.CC(=O)CC1CCN(C(=O)c2cnc(Cl)c(Cn3cc(C)c4cc(C(F)(F)F)cc(C)c43)c2Cl)CC1.Cc1cn(Cc2c(Cl)ccc(C(=O)N3CCCCC3)c2Cl)c2c(C)nc(C(F)(F)F)cc12. The van der Waals surface area contributed by atoms with Gasteiger partial charge in [0.15, 0.2) is 0 Å². The normalized spacial score (nSPS) is 15.0. The lowest BCUT2D eigenvalue weighted by Crippen LogP contribution is -2.39. The van der Waals surface area contributed by atoms with Crippen molar-refractivity contribution in [1.29, 1.82) is 0 Å². The number of Topliss-reactive ketones (excluding diaryl/α,β-unsaturated/α-hetero) is 3. The molecule has 7 aromatic heterocycles. The molecule has 11 heterocycles. The van der Waals surface area contributed by atoms with Gasteiger partial charge in [0.1, 0.15) is 33.9 Å². The van der Waals surface area contributed by atoms with Crippen LogP contribution in [-0.4, -0.2) is 152 Å². The highest BCUT2D eigenvalue weighted by molar-refractivity contribution is 6.42. The first-order chi connectivity index (χ1) is 66.1. The first-order valence-electron chi connectivity index (χ1n) is 45.5. The summed E-state index contributed by atoms with van der Waals surface area (Å²) in [7, 11) is 0. The first-order valence-corrected chi connectivity index (χ1v) is 48.5. The van der Waals surface area contributed by atoms with Gasteiger partial charge in [-0.2, -0.15) is 52.7 Å². The Labute approximate surface area is 845 Å². The number of aryl methyl sites for hydroxylation is 8.